The first-order valence-corrected chi connectivity index (χ1v) is 8.52. The van der Waals surface area contributed by atoms with Gasteiger partial charge in [0, 0.05) is 26.1 Å². The SMILES string of the molecule is COCn1cc(NC(=O)C2CCN(S(C)(=O)=O)CC2)cn1. The molecule has 1 aliphatic heterocycles. The third-order valence-corrected chi connectivity index (χ3v) is 4.76. The summed E-state index contributed by atoms with van der Waals surface area (Å²) in [6.07, 6.45) is 5.50. The number of carbonyl (C=O) groups is 1. The molecule has 2 rings (SSSR count). The Labute approximate surface area is 124 Å². The maximum absolute atomic E-state index is 12.1. The van der Waals surface area contributed by atoms with Gasteiger partial charge in [-0.25, -0.2) is 17.4 Å². The van der Waals surface area contributed by atoms with E-state index >= 15 is 0 Å². The van der Waals surface area contributed by atoms with Crippen molar-refractivity contribution in [3.05, 3.63) is 12.4 Å². The predicted octanol–water partition coefficient (Wildman–Crippen LogP) is 0.0971. The molecule has 1 fully saturated rings. The number of piperidine rings is 1. The fourth-order valence-corrected chi connectivity index (χ4v) is 3.20. The predicted molar refractivity (Wildman–Crippen MR) is 77.0 cm³/mol. The number of methoxy groups -OCH3 is 1. The van der Waals surface area contributed by atoms with Crippen LogP contribution in [0.5, 0.6) is 0 Å². The van der Waals surface area contributed by atoms with Crippen molar-refractivity contribution in [3.63, 3.8) is 0 Å². The fourth-order valence-electron chi connectivity index (χ4n) is 2.32. The summed E-state index contributed by atoms with van der Waals surface area (Å²) < 4.78 is 30.8. The maximum Gasteiger partial charge on any atom is 0.227 e. The van der Waals surface area contributed by atoms with E-state index in [2.05, 4.69) is 10.4 Å². The lowest BCUT2D eigenvalue weighted by atomic mass is 9.97. The number of ether oxygens (including phenoxy) is 1. The van der Waals surface area contributed by atoms with Crippen LogP contribution in [0.1, 0.15) is 12.8 Å². The average Bonchev–Trinajstić information content (AvgIpc) is 2.86. The number of nitrogens with zero attached hydrogens (tertiary/aromatic N) is 3. The number of hydrogen-bond acceptors (Lipinski definition) is 5. The molecule has 2 heterocycles. The summed E-state index contributed by atoms with van der Waals surface area (Å²) in [6, 6.07) is 0. The molecule has 21 heavy (non-hydrogen) atoms. The van der Waals surface area contributed by atoms with Gasteiger partial charge in [-0.3, -0.25) is 4.79 Å². The second-order valence-electron chi connectivity index (χ2n) is 5.11. The molecule has 0 radical (unpaired) electrons. The summed E-state index contributed by atoms with van der Waals surface area (Å²) >= 11 is 0. The number of aromatic nitrogens is 2. The number of carbonyl (C=O) groups excluding carboxylic acids is 1. The zero-order valence-electron chi connectivity index (χ0n) is 12.2. The molecule has 0 aliphatic carbocycles. The molecule has 1 amide bonds. The van der Waals surface area contributed by atoms with Gasteiger partial charge in [0.25, 0.3) is 0 Å². The normalized spacial score (nSPS) is 17.8. The van der Waals surface area contributed by atoms with Gasteiger partial charge in [0.05, 0.1) is 24.3 Å². The van der Waals surface area contributed by atoms with Crippen LogP contribution >= 0.6 is 0 Å². The minimum Gasteiger partial charge on any atom is -0.362 e. The topological polar surface area (TPSA) is 93.5 Å². The zero-order valence-corrected chi connectivity index (χ0v) is 13.0. The number of amides is 1. The summed E-state index contributed by atoms with van der Waals surface area (Å²) in [5.41, 5.74) is 0.614. The van der Waals surface area contributed by atoms with Gasteiger partial charge >= 0.3 is 0 Å². The molecule has 8 nitrogen and oxygen atoms in total. The molecule has 118 valence electrons. The lowest BCUT2D eigenvalue weighted by molar-refractivity contribution is -0.120. The van der Waals surface area contributed by atoms with E-state index < -0.39 is 10.0 Å². The first-order valence-electron chi connectivity index (χ1n) is 6.67. The molecule has 9 heteroatoms. The van der Waals surface area contributed by atoms with E-state index in [-0.39, 0.29) is 11.8 Å². The third-order valence-electron chi connectivity index (χ3n) is 3.46. The molecule has 1 N–H and O–H groups in total. The molecular formula is C12H20N4O4S. The molecule has 1 saturated heterocycles. The minimum atomic E-state index is -3.16. The lowest BCUT2D eigenvalue weighted by Crippen LogP contribution is -2.40. The Morgan fingerprint density at radius 2 is 2.14 bits per heavy atom. The average molecular weight is 316 g/mol. The van der Waals surface area contributed by atoms with Crippen LogP contribution in [0.25, 0.3) is 0 Å². The van der Waals surface area contributed by atoms with Crippen molar-refractivity contribution in [3.8, 4) is 0 Å². The molecular weight excluding hydrogens is 296 g/mol. The summed E-state index contributed by atoms with van der Waals surface area (Å²) in [6.45, 7) is 1.10. The Balaban J connectivity index is 1.87. The van der Waals surface area contributed by atoms with E-state index in [0.717, 1.165) is 0 Å². The highest BCUT2D eigenvalue weighted by Crippen LogP contribution is 2.20. The second kappa shape index (κ2) is 6.54. The van der Waals surface area contributed by atoms with Crippen molar-refractivity contribution in [1.29, 1.82) is 0 Å². The summed E-state index contributed by atoms with van der Waals surface area (Å²) in [7, 11) is -1.60. The quantitative estimate of drug-likeness (QED) is 0.831. The van der Waals surface area contributed by atoms with E-state index in [1.54, 1.807) is 24.2 Å². The van der Waals surface area contributed by atoms with E-state index in [1.807, 2.05) is 0 Å². The van der Waals surface area contributed by atoms with Crippen LogP contribution in [-0.2, 0) is 26.3 Å². The highest BCUT2D eigenvalue weighted by atomic mass is 32.2. The number of nitrogens with one attached hydrogen (secondary N) is 1. The van der Waals surface area contributed by atoms with Crippen LogP contribution in [0, 0.1) is 5.92 Å². The van der Waals surface area contributed by atoms with Crippen molar-refractivity contribution in [2.45, 2.75) is 19.6 Å². The molecule has 0 unspecified atom stereocenters. The van der Waals surface area contributed by atoms with Crippen LogP contribution < -0.4 is 5.32 Å². The van der Waals surface area contributed by atoms with Gasteiger partial charge in [0.2, 0.25) is 15.9 Å². The Morgan fingerprint density at radius 1 is 1.48 bits per heavy atom. The molecule has 0 aromatic carbocycles. The summed E-state index contributed by atoms with van der Waals surface area (Å²) in [5.74, 6) is -0.270. The molecule has 1 aromatic heterocycles. The van der Waals surface area contributed by atoms with Crippen LogP contribution in [0.15, 0.2) is 12.4 Å². The maximum atomic E-state index is 12.1. The van der Waals surface area contributed by atoms with Crippen LogP contribution in [0.4, 0.5) is 5.69 Å². The van der Waals surface area contributed by atoms with Gasteiger partial charge in [-0.05, 0) is 12.8 Å². The van der Waals surface area contributed by atoms with E-state index in [0.29, 0.717) is 38.3 Å². The van der Waals surface area contributed by atoms with Crippen LogP contribution in [0.2, 0.25) is 0 Å². The Morgan fingerprint density at radius 3 is 2.71 bits per heavy atom. The first-order chi connectivity index (χ1) is 9.90. The lowest BCUT2D eigenvalue weighted by Gasteiger charge is -2.29. The van der Waals surface area contributed by atoms with Gasteiger partial charge in [-0.2, -0.15) is 5.10 Å². The highest BCUT2D eigenvalue weighted by Gasteiger charge is 2.29. The molecule has 0 atom stereocenters. The largest absolute Gasteiger partial charge is 0.362 e. The Kier molecular flexibility index (Phi) is 4.96. The van der Waals surface area contributed by atoms with Crippen molar-refractivity contribution in [2.75, 3.05) is 31.8 Å². The Bertz CT molecular complexity index is 590. The highest BCUT2D eigenvalue weighted by molar-refractivity contribution is 7.88. The van der Waals surface area contributed by atoms with Crippen molar-refractivity contribution < 1.29 is 17.9 Å². The Hall–Kier alpha value is -1.45. The number of hydrogen-bond donors (Lipinski definition) is 1. The smallest absolute Gasteiger partial charge is 0.227 e. The number of rotatable bonds is 5. The van der Waals surface area contributed by atoms with Crippen molar-refractivity contribution in [2.24, 2.45) is 5.92 Å². The van der Waals surface area contributed by atoms with Crippen LogP contribution in [0.3, 0.4) is 0 Å². The molecule has 0 saturated carbocycles. The van der Waals surface area contributed by atoms with Crippen molar-refractivity contribution in [1.82, 2.24) is 14.1 Å². The minimum absolute atomic E-state index is 0.0971. The van der Waals surface area contributed by atoms with Gasteiger partial charge < -0.3 is 10.1 Å². The number of anilines is 1. The van der Waals surface area contributed by atoms with Crippen LogP contribution in [-0.4, -0.2) is 54.9 Å². The van der Waals surface area contributed by atoms with Gasteiger partial charge in [-0.1, -0.05) is 0 Å². The van der Waals surface area contributed by atoms with E-state index in [1.165, 1.54) is 10.6 Å². The van der Waals surface area contributed by atoms with E-state index in [4.69, 9.17) is 4.74 Å². The summed E-state index contributed by atoms with van der Waals surface area (Å²) in [4.78, 5) is 12.1. The fraction of sp³-hybridized carbons (Fsp3) is 0.667. The molecule has 1 aliphatic rings. The van der Waals surface area contributed by atoms with Crippen molar-refractivity contribution >= 4 is 21.6 Å². The van der Waals surface area contributed by atoms with Gasteiger partial charge in [0.1, 0.15) is 6.73 Å². The second-order valence-corrected chi connectivity index (χ2v) is 7.09. The zero-order chi connectivity index (χ0) is 15.5. The summed E-state index contributed by atoms with van der Waals surface area (Å²) in [5, 5.41) is 6.84. The van der Waals surface area contributed by atoms with E-state index in [9.17, 15) is 13.2 Å². The molecule has 1 aromatic rings. The van der Waals surface area contributed by atoms with Gasteiger partial charge in [0.15, 0.2) is 0 Å². The monoisotopic (exact) mass is 316 g/mol. The van der Waals surface area contributed by atoms with Gasteiger partial charge in [-0.15, -0.1) is 0 Å². The molecule has 0 spiro atoms. The number of sulfonamides is 1. The first kappa shape index (κ1) is 15.9. The third kappa shape index (κ3) is 4.26. The standard InChI is InChI=1S/C12H20N4O4S/c1-20-9-15-8-11(7-13-15)14-12(17)10-3-5-16(6-4-10)21(2,18)19/h7-8,10H,3-6,9H2,1-2H3,(H,14,17). The molecule has 0 bridgehead atoms.